The normalized spacial score (nSPS) is 11.4. The predicted octanol–water partition coefficient (Wildman–Crippen LogP) is 2.24. The number of H-pyrrole nitrogens is 1. The van der Waals surface area contributed by atoms with Gasteiger partial charge in [-0.05, 0) is 35.4 Å². The fourth-order valence-corrected chi connectivity index (χ4v) is 2.79. The molecule has 0 aliphatic rings. The quantitative estimate of drug-likeness (QED) is 0.747. The Balaban J connectivity index is 2.08. The molecule has 0 spiro atoms. The molecule has 0 fully saturated rings. The van der Waals surface area contributed by atoms with Crippen LogP contribution in [0.3, 0.4) is 0 Å². The largest absolute Gasteiger partial charge is 0.349 e. The van der Waals surface area contributed by atoms with Crippen LogP contribution in [-0.4, -0.2) is 14.8 Å². The summed E-state index contributed by atoms with van der Waals surface area (Å²) in [4.78, 5) is 25.4. The Bertz CT molecular complexity index is 1220. The average Bonchev–Trinajstić information content (AvgIpc) is 2.65. The summed E-state index contributed by atoms with van der Waals surface area (Å²) in [6, 6.07) is 13.6. The zero-order chi connectivity index (χ0) is 19.6. The van der Waals surface area contributed by atoms with Crippen LogP contribution in [-0.2, 0) is 0 Å². The molecule has 1 N–H and O–H groups in total. The van der Waals surface area contributed by atoms with Crippen LogP contribution >= 0.6 is 11.6 Å². The molecule has 3 aromatic rings. The number of hydrogen-bond donors (Lipinski definition) is 1. The molecule has 7 nitrogen and oxygen atoms in total. The van der Waals surface area contributed by atoms with Gasteiger partial charge in [0.05, 0.1) is 17.7 Å². The van der Waals surface area contributed by atoms with E-state index >= 15 is 0 Å². The van der Waals surface area contributed by atoms with Crippen molar-refractivity contribution >= 4 is 11.6 Å². The molecule has 1 atom stereocenters. The molecule has 0 aliphatic carbocycles. The van der Waals surface area contributed by atoms with Crippen LogP contribution in [0.4, 0.5) is 4.39 Å². The molecule has 0 saturated carbocycles. The van der Waals surface area contributed by atoms with E-state index in [0.717, 1.165) is 4.68 Å². The van der Waals surface area contributed by atoms with E-state index in [4.69, 9.17) is 16.9 Å². The number of rotatable bonds is 3. The Labute approximate surface area is 156 Å². The van der Waals surface area contributed by atoms with Gasteiger partial charge < -0.3 is 0 Å². The maximum atomic E-state index is 13.1. The van der Waals surface area contributed by atoms with Gasteiger partial charge in [0, 0.05) is 5.02 Å². The van der Waals surface area contributed by atoms with E-state index in [-0.39, 0.29) is 10.7 Å². The van der Waals surface area contributed by atoms with Gasteiger partial charge in [0.2, 0.25) is 5.69 Å². The lowest BCUT2D eigenvalue weighted by atomic mass is 9.92. The number of aromatic amines is 1. The molecule has 1 aromatic heterocycles. The van der Waals surface area contributed by atoms with Gasteiger partial charge in [0.25, 0.3) is 5.56 Å². The van der Waals surface area contributed by atoms with Crippen molar-refractivity contribution in [3.05, 3.63) is 91.0 Å². The summed E-state index contributed by atoms with van der Waals surface area (Å²) in [5, 5.41) is 22.3. The van der Waals surface area contributed by atoms with Crippen LogP contribution in [0, 0.1) is 28.5 Å². The van der Waals surface area contributed by atoms with Gasteiger partial charge in [-0.1, -0.05) is 29.8 Å². The van der Waals surface area contributed by atoms with Crippen LogP contribution in [0.2, 0.25) is 5.02 Å². The number of nitriles is 2. The van der Waals surface area contributed by atoms with Crippen LogP contribution < -0.4 is 11.2 Å². The first-order chi connectivity index (χ1) is 12.9. The number of nitrogens with zero attached hydrogens (tertiary/aromatic N) is 4. The molecule has 0 saturated heterocycles. The van der Waals surface area contributed by atoms with Crippen molar-refractivity contribution in [3.8, 4) is 17.8 Å². The van der Waals surface area contributed by atoms with E-state index < -0.39 is 28.7 Å². The van der Waals surface area contributed by atoms with Gasteiger partial charge in [-0.3, -0.25) is 9.78 Å². The Morgan fingerprint density at radius 1 is 1.15 bits per heavy atom. The summed E-state index contributed by atoms with van der Waals surface area (Å²) >= 11 is 6.29. The lowest BCUT2D eigenvalue weighted by Crippen LogP contribution is -2.33. The Hall–Kier alpha value is -3.75. The Kier molecular flexibility index (Phi) is 4.84. The van der Waals surface area contributed by atoms with Gasteiger partial charge >= 0.3 is 5.69 Å². The zero-order valence-corrected chi connectivity index (χ0v) is 14.2. The standard InChI is InChI=1S/C18H9ClFN5O2/c19-15-7-12(25-18(27)23-17(26)16(9-22)24-25)5-6-13(15)14(8-21)10-1-3-11(20)4-2-10/h1-7,14H,(H,23,26,27). The number of nitrogens with one attached hydrogen (secondary N) is 1. The zero-order valence-electron chi connectivity index (χ0n) is 13.5. The highest BCUT2D eigenvalue weighted by atomic mass is 35.5. The Morgan fingerprint density at radius 3 is 2.44 bits per heavy atom. The van der Waals surface area contributed by atoms with Crippen molar-refractivity contribution in [1.82, 2.24) is 14.8 Å². The maximum Gasteiger partial charge on any atom is 0.349 e. The molecular weight excluding hydrogens is 373 g/mol. The van der Waals surface area contributed by atoms with Crippen molar-refractivity contribution < 1.29 is 4.39 Å². The van der Waals surface area contributed by atoms with Crippen LogP contribution in [0.15, 0.2) is 52.1 Å². The summed E-state index contributed by atoms with van der Waals surface area (Å²) < 4.78 is 13.9. The first-order valence-corrected chi connectivity index (χ1v) is 7.91. The third-order valence-electron chi connectivity index (χ3n) is 3.81. The second kappa shape index (κ2) is 7.24. The summed E-state index contributed by atoms with van der Waals surface area (Å²) in [5.74, 6) is -1.17. The first-order valence-electron chi connectivity index (χ1n) is 7.53. The van der Waals surface area contributed by atoms with E-state index in [0.29, 0.717) is 11.1 Å². The predicted molar refractivity (Wildman–Crippen MR) is 94.0 cm³/mol. The highest BCUT2D eigenvalue weighted by Crippen LogP contribution is 2.31. The van der Waals surface area contributed by atoms with Crippen molar-refractivity contribution in [2.24, 2.45) is 0 Å². The van der Waals surface area contributed by atoms with E-state index in [1.807, 2.05) is 4.98 Å². The number of halogens is 2. The minimum Gasteiger partial charge on any atom is -0.270 e. The van der Waals surface area contributed by atoms with Crippen LogP contribution in [0.5, 0.6) is 0 Å². The minimum atomic E-state index is -0.887. The fraction of sp³-hybridized carbons (Fsp3) is 0.0556. The lowest BCUT2D eigenvalue weighted by molar-refractivity contribution is 0.627. The van der Waals surface area contributed by atoms with Crippen LogP contribution in [0.1, 0.15) is 22.7 Å². The molecule has 3 rings (SSSR count). The molecule has 27 heavy (non-hydrogen) atoms. The van der Waals surface area contributed by atoms with E-state index in [1.54, 1.807) is 6.07 Å². The lowest BCUT2D eigenvalue weighted by Gasteiger charge is -2.13. The molecule has 9 heteroatoms. The maximum absolute atomic E-state index is 13.1. The number of benzene rings is 2. The summed E-state index contributed by atoms with van der Waals surface area (Å²) in [6.07, 6.45) is 0. The van der Waals surface area contributed by atoms with Crippen molar-refractivity contribution in [2.75, 3.05) is 0 Å². The second-order valence-corrected chi connectivity index (χ2v) is 5.86. The second-order valence-electron chi connectivity index (χ2n) is 5.45. The molecule has 1 heterocycles. The molecular formula is C18H9ClFN5O2. The summed E-state index contributed by atoms with van der Waals surface area (Å²) in [7, 11) is 0. The topological polar surface area (TPSA) is 115 Å². The van der Waals surface area contributed by atoms with Gasteiger partial charge in [-0.15, -0.1) is 5.10 Å². The third kappa shape index (κ3) is 3.47. The third-order valence-corrected chi connectivity index (χ3v) is 4.13. The molecule has 2 aromatic carbocycles. The van der Waals surface area contributed by atoms with Gasteiger partial charge in [0.1, 0.15) is 11.9 Å². The molecule has 0 aliphatic heterocycles. The highest BCUT2D eigenvalue weighted by Gasteiger charge is 2.18. The first kappa shape index (κ1) is 18.1. The molecule has 0 bridgehead atoms. The highest BCUT2D eigenvalue weighted by molar-refractivity contribution is 6.31. The SMILES string of the molecule is N#Cc1nn(-c2ccc(C(C#N)c3ccc(F)cc3)c(Cl)c2)c(=O)[nH]c1=O. The monoisotopic (exact) mass is 381 g/mol. The van der Waals surface area contributed by atoms with E-state index in [9.17, 15) is 19.2 Å². The Morgan fingerprint density at radius 2 is 1.85 bits per heavy atom. The number of hydrogen-bond acceptors (Lipinski definition) is 5. The van der Waals surface area contributed by atoms with Gasteiger partial charge in [-0.25, -0.2) is 9.18 Å². The van der Waals surface area contributed by atoms with E-state index in [2.05, 4.69) is 11.2 Å². The summed E-state index contributed by atoms with van der Waals surface area (Å²) in [5.41, 5.74) is -0.985. The molecule has 0 radical (unpaired) electrons. The molecule has 0 amide bonds. The molecule has 132 valence electrons. The fourth-order valence-electron chi connectivity index (χ4n) is 2.51. The van der Waals surface area contributed by atoms with Crippen LogP contribution in [0.25, 0.3) is 5.69 Å². The average molecular weight is 382 g/mol. The van der Waals surface area contributed by atoms with E-state index in [1.165, 1.54) is 42.5 Å². The van der Waals surface area contributed by atoms with Crippen molar-refractivity contribution in [3.63, 3.8) is 0 Å². The van der Waals surface area contributed by atoms with Gasteiger partial charge in [0.15, 0.2) is 0 Å². The molecule has 1 unspecified atom stereocenters. The smallest absolute Gasteiger partial charge is 0.270 e. The van der Waals surface area contributed by atoms with Crippen molar-refractivity contribution in [1.29, 1.82) is 10.5 Å². The number of aromatic nitrogens is 3. The van der Waals surface area contributed by atoms with Gasteiger partial charge in [-0.2, -0.15) is 15.2 Å². The summed E-state index contributed by atoms with van der Waals surface area (Å²) in [6.45, 7) is 0. The van der Waals surface area contributed by atoms with Crippen molar-refractivity contribution in [2.45, 2.75) is 5.92 Å². The minimum absolute atomic E-state index is 0.168.